The van der Waals surface area contributed by atoms with Crippen molar-refractivity contribution in [3.63, 3.8) is 0 Å². The summed E-state index contributed by atoms with van der Waals surface area (Å²) in [5, 5.41) is 3.33. The molecular weight excluding hydrogens is 264 g/mol. The lowest BCUT2D eigenvalue weighted by atomic mass is 9.87. The van der Waals surface area contributed by atoms with Gasteiger partial charge in [0, 0.05) is 19.1 Å². The van der Waals surface area contributed by atoms with E-state index in [4.69, 9.17) is 4.74 Å². The fraction of sp³-hybridized carbons (Fsp3) is 0.941. The molecule has 0 aromatic rings. The molecule has 0 aromatic heterocycles. The summed E-state index contributed by atoms with van der Waals surface area (Å²) in [6, 6.07) is 0.378. The van der Waals surface area contributed by atoms with Crippen molar-refractivity contribution >= 4 is 5.97 Å². The number of carbonyl (C=O) groups excluding carboxylic acids is 1. The van der Waals surface area contributed by atoms with Crippen molar-refractivity contribution in [3.05, 3.63) is 0 Å². The van der Waals surface area contributed by atoms with E-state index in [2.05, 4.69) is 31.0 Å². The fourth-order valence-corrected chi connectivity index (χ4v) is 3.70. The van der Waals surface area contributed by atoms with Gasteiger partial charge in [0.05, 0.1) is 6.61 Å². The second-order valence-electron chi connectivity index (χ2n) is 7.04. The van der Waals surface area contributed by atoms with Gasteiger partial charge in [0.2, 0.25) is 0 Å². The van der Waals surface area contributed by atoms with Crippen LogP contribution < -0.4 is 5.32 Å². The van der Waals surface area contributed by atoms with Crippen LogP contribution in [0.3, 0.4) is 0 Å². The normalized spacial score (nSPS) is 27.9. The van der Waals surface area contributed by atoms with Gasteiger partial charge in [-0.15, -0.1) is 0 Å². The molecule has 0 aromatic carbocycles. The molecule has 0 aliphatic carbocycles. The van der Waals surface area contributed by atoms with Crippen LogP contribution in [0.4, 0.5) is 0 Å². The van der Waals surface area contributed by atoms with Crippen LogP contribution in [0.1, 0.15) is 54.4 Å². The standard InChI is InChI=1S/C17H34N2O2/c1-7-18-17(6,16(20)21-8-2)10-15(5)19-11-13(3)9-14(4)12-19/h13-15,18H,7-12H2,1-6H3. The molecule has 0 amide bonds. The lowest BCUT2D eigenvalue weighted by Crippen LogP contribution is -2.55. The SMILES string of the molecule is CCNC(C)(CC(C)N1CC(C)CC(C)C1)C(=O)OCC. The van der Waals surface area contributed by atoms with Crippen LogP contribution in [-0.2, 0) is 9.53 Å². The van der Waals surface area contributed by atoms with E-state index in [0.29, 0.717) is 12.6 Å². The molecular formula is C17H34N2O2. The molecule has 0 spiro atoms. The van der Waals surface area contributed by atoms with Crippen molar-refractivity contribution in [2.45, 2.75) is 66.0 Å². The van der Waals surface area contributed by atoms with Crippen LogP contribution in [0.15, 0.2) is 0 Å². The Kier molecular flexibility index (Phi) is 7.14. The number of piperidine rings is 1. The summed E-state index contributed by atoms with van der Waals surface area (Å²) in [4.78, 5) is 14.8. The fourth-order valence-electron chi connectivity index (χ4n) is 3.70. The van der Waals surface area contributed by atoms with Gasteiger partial charge in [-0.1, -0.05) is 20.8 Å². The van der Waals surface area contributed by atoms with Crippen LogP contribution in [0.2, 0.25) is 0 Å². The number of esters is 1. The second kappa shape index (κ2) is 8.14. The average Bonchev–Trinajstić information content (AvgIpc) is 2.38. The van der Waals surface area contributed by atoms with Gasteiger partial charge in [-0.3, -0.25) is 4.79 Å². The zero-order valence-electron chi connectivity index (χ0n) is 14.7. The van der Waals surface area contributed by atoms with Gasteiger partial charge in [-0.05, 0) is 52.0 Å². The third-order valence-corrected chi connectivity index (χ3v) is 4.52. The average molecular weight is 298 g/mol. The first kappa shape index (κ1) is 18.4. The number of nitrogens with zero attached hydrogens (tertiary/aromatic N) is 1. The van der Waals surface area contributed by atoms with Gasteiger partial charge in [-0.25, -0.2) is 0 Å². The summed E-state index contributed by atoms with van der Waals surface area (Å²) < 4.78 is 5.27. The minimum atomic E-state index is -0.589. The highest BCUT2D eigenvalue weighted by Crippen LogP contribution is 2.26. The van der Waals surface area contributed by atoms with E-state index >= 15 is 0 Å². The Bertz CT molecular complexity index is 325. The first-order valence-corrected chi connectivity index (χ1v) is 8.48. The monoisotopic (exact) mass is 298 g/mol. The van der Waals surface area contributed by atoms with Crippen LogP contribution in [-0.4, -0.2) is 48.7 Å². The highest BCUT2D eigenvalue weighted by Gasteiger charge is 2.37. The Morgan fingerprint density at radius 2 is 1.90 bits per heavy atom. The number of likely N-dealkylation sites (tertiary alicyclic amines) is 1. The van der Waals surface area contributed by atoms with E-state index in [1.54, 1.807) is 0 Å². The number of likely N-dealkylation sites (N-methyl/N-ethyl adjacent to an activating group) is 1. The van der Waals surface area contributed by atoms with Gasteiger partial charge in [0.1, 0.15) is 5.54 Å². The zero-order valence-corrected chi connectivity index (χ0v) is 14.7. The molecule has 4 heteroatoms. The smallest absolute Gasteiger partial charge is 0.326 e. The van der Waals surface area contributed by atoms with Crippen molar-refractivity contribution in [3.8, 4) is 0 Å². The number of nitrogens with one attached hydrogen (secondary N) is 1. The largest absolute Gasteiger partial charge is 0.465 e. The van der Waals surface area contributed by atoms with E-state index in [0.717, 1.165) is 37.9 Å². The summed E-state index contributed by atoms with van der Waals surface area (Å²) in [6.07, 6.45) is 2.10. The first-order chi connectivity index (χ1) is 9.82. The van der Waals surface area contributed by atoms with Crippen molar-refractivity contribution in [2.75, 3.05) is 26.2 Å². The number of hydrogen-bond acceptors (Lipinski definition) is 4. The van der Waals surface area contributed by atoms with Gasteiger partial charge < -0.3 is 15.0 Å². The van der Waals surface area contributed by atoms with E-state index < -0.39 is 5.54 Å². The van der Waals surface area contributed by atoms with Gasteiger partial charge in [0.25, 0.3) is 0 Å². The molecule has 124 valence electrons. The minimum Gasteiger partial charge on any atom is -0.465 e. The quantitative estimate of drug-likeness (QED) is 0.734. The van der Waals surface area contributed by atoms with Crippen LogP contribution in [0, 0.1) is 11.8 Å². The Labute approximate surface area is 130 Å². The minimum absolute atomic E-state index is 0.128. The number of ether oxygens (including phenoxy) is 1. The Hall–Kier alpha value is -0.610. The van der Waals surface area contributed by atoms with Crippen LogP contribution in [0.5, 0.6) is 0 Å². The van der Waals surface area contributed by atoms with E-state index in [9.17, 15) is 4.79 Å². The summed E-state index contributed by atoms with van der Waals surface area (Å²) >= 11 is 0. The van der Waals surface area contributed by atoms with Gasteiger partial charge >= 0.3 is 5.97 Å². The molecule has 1 heterocycles. The number of rotatable bonds is 7. The van der Waals surface area contributed by atoms with E-state index in [1.807, 2.05) is 20.8 Å². The Morgan fingerprint density at radius 1 is 1.33 bits per heavy atom. The second-order valence-corrected chi connectivity index (χ2v) is 7.04. The molecule has 1 aliphatic heterocycles. The summed E-state index contributed by atoms with van der Waals surface area (Å²) in [5.74, 6) is 1.35. The molecule has 1 fully saturated rings. The predicted molar refractivity (Wildman–Crippen MR) is 87.3 cm³/mol. The molecule has 1 saturated heterocycles. The van der Waals surface area contributed by atoms with Crippen LogP contribution >= 0.6 is 0 Å². The maximum Gasteiger partial charge on any atom is 0.326 e. The maximum atomic E-state index is 12.3. The molecule has 0 saturated carbocycles. The van der Waals surface area contributed by atoms with Crippen molar-refractivity contribution in [2.24, 2.45) is 11.8 Å². The molecule has 0 bridgehead atoms. The molecule has 4 unspecified atom stereocenters. The van der Waals surface area contributed by atoms with Crippen LogP contribution in [0.25, 0.3) is 0 Å². The highest BCUT2D eigenvalue weighted by atomic mass is 16.5. The zero-order chi connectivity index (χ0) is 16.0. The molecule has 4 atom stereocenters. The summed E-state index contributed by atoms with van der Waals surface area (Å²) in [7, 11) is 0. The molecule has 21 heavy (non-hydrogen) atoms. The Balaban J connectivity index is 2.71. The molecule has 1 N–H and O–H groups in total. The molecule has 1 rings (SSSR count). The van der Waals surface area contributed by atoms with Crippen molar-refractivity contribution in [1.29, 1.82) is 0 Å². The summed E-state index contributed by atoms with van der Waals surface area (Å²) in [5.41, 5.74) is -0.589. The van der Waals surface area contributed by atoms with Crippen molar-refractivity contribution < 1.29 is 9.53 Å². The summed E-state index contributed by atoms with van der Waals surface area (Å²) in [6.45, 7) is 16.2. The predicted octanol–water partition coefficient (Wildman–Crippen LogP) is 2.67. The highest BCUT2D eigenvalue weighted by molar-refractivity contribution is 5.80. The lowest BCUT2D eigenvalue weighted by Gasteiger charge is -2.41. The third-order valence-electron chi connectivity index (χ3n) is 4.52. The number of hydrogen-bond donors (Lipinski definition) is 1. The number of carbonyl (C=O) groups is 1. The Morgan fingerprint density at radius 3 is 2.38 bits per heavy atom. The van der Waals surface area contributed by atoms with Crippen molar-refractivity contribution in [1.82, 2.24) is 10.2 Å². The van der Waals surface area contributed by atoms with E-state index in [-0.39, 0.29) is 5.97 Å². The van der Waals surface area contributed by atoms with Gasteiger partial charge in [-0.2, -0.15) is 0 Å². The lowest BCUT2D eigenvalue weighted by molar-refractivity contribution is -0.151. The third kappa shape index (κ3) is 5.26. The molecule has 1 aliphatic rings. The molecule has 0 radical (unpaired) electrons. The molecule has 4 nitrogen and oxygen atoms in total. The van der Waals surface area contributed by atoms with Gasteiger partial charge in [0.15, 0.2) is 0 Å². The topological polar surface area (TPSA) is 41.6 Å². The first-order valence-electron chi connectivity index (χ1n) is 8.48. The maximum absolute atomic E-state index is 12.3. The van der Waals surface area contributed by atoms with E-state index in [1.165, 1.54) is 6.42 Å².